The van der Waals surface area contributed by atoms with E-state index in [1.54, 1.807) is 18.6 Å². The quantitative estimate of drug-likeness (QED) is 0.640. The van der Waals surface area contributed by atoms with E-state index in [0.717, 1.165) is 11.3 Å². The Morgan fingerprint density at radius 3 is 2.90 bits per heavy atom. The molecule has 0 amide bonds. The van der Waals surface area contributed by atoms with Crippen LogP contribution in [-0.4, -0.2) is 16.5 Å². The number of hydrogen-bond donors (Lipinski definition) is 1. The maximum atomic E-state index is 5.34. The highest BCUT2D eigenvalue weighted by atomic mass is 14.8. The minimum Gasteiger partial charge on any atom is -0.326 e. The van der Waals surface area contributed by atoms with Gasteiger partial charge >= 0.3 is 0 Å². The van der Waals surface area contributed by atoms with E-state index in [1.165, 1.54) is 0 Å². The van der Waals surface area contributed by atoms with Gasteiger partial charge in [0.1, 0.15) is 0 Å². The van der Waals surface area contributed by atoms with E-state index in [1.807, 2.05) is 0 Å². The van der Waals surface area contributed by atoms with Gasteiger partial charge in [-0.25, -0.2) is 0 Å². The molecule has 1 heterocycles. The van der Waals surface area contributed by atoms with Crippen molar-refractivity contribution in [2.45, 2.75) is 0 Å². The van der Waals surface area contributed by atoms with E-state index >= 15 is 0 Å². The summed E-state index contributed by atoms with van der Waals surface area (Å²) in [7, 11) is 0. The van der Waals surface area contributed by atoms with Gasteiger partial charge in [-0.2, -0.15) is 0 Å². The second-order valence-corrected chi connectivity index (χ2v) is 1.90. The third kappa shape index (κ3) is 1.39. The van der Waals surface area contributed by atoms with Crippen molar-refractivity contribution in [2.75, 3.05) is 6.54 Å². The monoisotopic (exact) mass is 135 g/mol. The van der Waals surface area contributed by atoms with Gasteiger partial charge < -0.3 is 5.73 Å². The van der Waals surface area contributed by atoms with Gasteiger partial charge in [-0.1, -0.05) is 6.58 Å². The smallest absolute Gasteiger partial charge is 0.0851 e. The highest BCUT2D eigenvalue weighted by Crippen LogP contribution is 2.02. The van der Waals surface area contributed by atoms with Crippen LogP contribution in [0.3, 0.4) is 0 Å². The van der Waals surface area contributed by atoms with Gasteiger partial charge in [0.25, 0.3) is 0 Å². The Kier molecular flexibility index (Phi) is 2.12. The van der Waals surface area contributed by atoms with E-state index in [-0.39, 0.29) is 0 Å². The third-order valence-corrected chi connectivity index (χ3v) is 1.17. The molecule has 2 N–H and O–H groups in total. The molecule has 10 heavy (non-hydrogen) atoms. The summed E-state index contributed by atoms with van der Waals surface area (Å²) in [6, 6.07) is 0. The van der Waals surface area contributed by atoms with Gasteiger partial charge in [0.2, 0.25) is 0 Å². The lowest BCUT2D eigenvalue weighted by Crippen LogP contribution is -2.02. The van der Waals surface area contributed by atoms with E-state index in [0.29, 0.717) is 6.54 Å². The summed E-state index contributed by atoms with van der Waals surface area (Å²) in [4.78, 5) is 7.88. The summed E-state index contributed by atoms with van der Waals surface area (Å²) in [6.45, 7) is 4.15. The fourth-order valence-electron chi connectivity index (χ4n) is 0.586. The molecule has 1 rings (SSSR count). The summed E-state index contributed by atoms with van der Waals surface area (Å²) >= 11 is 0. The molecule has 0 aliphatic heterocycles. The van der Waals surface area contributed by atoms with E-state index in [9.17, 15) is 0 Å². The lowest BCUT2D eigenvalue weighted by molar-refractivity contribution is 1.14. The van der Waals surface area contributed by atoms with Crippen molar-refractivity contribution in [1.82, 2.24) is 9.97 Å². The average molecular weight is 135 g/mol. The SMILES string of the molecule is C=C(CN)c1cnccn1. The molecule has 0 spiro atoms. The maximum Gasteiger partial charge on any atom is 0.0851 e. The Labute approximate surface area is 59.6 Å². The van der Waals surface area contributed by atoms with Gasteiger partial charge in [0.05, 0.1) is 11.9 Å². The van der Waals surface area contributed by atoms with Crippen LogP contribution in [-0.2, 0) is 0 Å². The van der Waals surface area contributed by atoms with Crippen LogP contribution in [0.4, 0.5) is 0 Å². The Balaban J connectivity index is 2.85. The molecule has 0 saturated heterocycles. The summed E-state index contributed by atoms with van der Waals surface area (Å²) in [5, 5.41) is 0. The molecule has 0 aliphatic rings. The molecule has 0 atom stereocenters. The van der Waals surface area contributed by atoms with Gasteiger partial charge in [0.15, 0.2) is 0 Å². The van der Waals surface area contributed by atoms with Crippen LogP contribution in [0, 0.1) is 0 Å². The van der Waals surface area contributed by atoms with E-state index in [4.69, 9.17) is 5.73 Å². The first kappa shape index (κ1) is 6.89. The molecule has 0 aliphatic carbocycles. The molecular formula is C7H9N3. The zero-order chi connectivity index (χ0) is 7.40. The average Bonchev–Trinajstić information content (AvgIpc) is 2.05. The standard InChI is InChI=1S/C7H9N3/c1-6(4-8)7-5-9-2-3-10-7/h2-3,5H,1,4,8H2. The topological polar surface area (TPSA) is 51.8 Å². The van der Waals surface area contributed by atoms with Crippen LogP contribution in [0.5, 0.6) is 0 Å². The van der Waals surface area contributed by atoms with Crippen molar-refractivity contribution < 1.29 is 0 Å². The van der Waals surface area contributed by atoms with Crippen molar-refractivity contribution in [2.24, 2.45) is 5.73 Å². The molecule has 1 aromatic heterocycles. The lowest BCUT2D eigenvalue weighted by Gasteiger charge is -1.97. The van der Waals surface area contributed by atoms with Crippen LogP contribution >= 0.6 is 0 Å². The van der Waals surface area contributed by atoms with Crippen LogP contribution in [0.1, 0.15) is 5.69 Å². The molecule has 52 valence electrons. The van der Waals surface area contributed by atoms with Crippen LogP contribution in [0.15, 0.2) is 25.2 Å². The predicted octanol–water partition coefficient (Wildman–Crippen LogP) is 0.449. The number of aromatic nitrogens is 2. The number of rotatable bonds is 2. The minimum absolute atomic E-state index is 0.429. The van der Waals surface area contributed by atoms with Gasteiger partial charge in [-0.15, -0.1) is 0 Å². The molecular weight excluding hydrogens is 126 g/mol. The molecule has 0 saturated carbocycles. The second-order valence-electron chi connectivity index (χ2n) is 1.90. The Morgan fingerprint density at radius 2 is 2.40 bits per heavy atom. The molecule has 0 aromatic carbocycles. The lowest BCUT2D eigenvalue weighted by atomic mass is 10.2. The van der Waals surface area contributed by atoms with Crippen molar-refractivity contribution in [3.63, 3.8) is 0 Å². The number of nitrogens with two attached hydrogens (primary N) is 1. The first-order valence-corrected chi connectivity index (χ1v) is 2.99. The van der Waals surface area contributed by atoms with Gasteiger partial charge in [-0.3, -0.25) is 9.97 Å². The normalized spacial score (nSPS) is 9.30. The van der Waals surface area contributed by atoms with Crippen molar-refractivity contribution in [3.8, 4) is 0 Å². The Hall–Kier alpha value is -1.22. The number of nitrogens with zero attached hydrogens (tertiary/aromatic N) is 2. The molecule has 3 nitrogen and oxygen atoms in total. The largest absolute Gasteiger partial charge is 0.326 e. The van der Waals surface area contributed by atoms with Crippen LogP contribution in [0.25, 0.3) is 5.57 Å². The Bertz CT molecular complexity index is 218. The first-order valence-electron chi connectivity index (χ1n) is 2.99. The highest BCUT2D eigenvalue weighted by molar-refractivity contribution is 5.60. The summed E-state index contributed by atoms with van der Waals surface area (Å²) < 4.78 is 0. The minimum atomic E-state index is 0.429. The van der Waals surface area contributed by atoms with E-state index < -0.39 is 0 Å². The first-order chi connectivity index (χ1) is 4.84. The van der Waals surface area contributed by atoms with Crippen LogP contribution < -0.4 is 5.73 Å². The predicted molar refractivity (Wildman–Crippen MR) is 40.1 cm³/mol. The second kappa shape index (κ2) is 3.08. The third-order valence-electron chi connectivity index (χ3n) is 1.17. The highest BCUT2D eigenvalue weighted by Gasteiger charge is 1.94. The zero-order valence-electron chi connectivity index (χ0n) is 5.62. The van der Waals surface area contributed by atoms with Gasteiger partial charge in [0, 0.05) is 18.9 Å². The van der Waals surface area contributed by atoms with Crippen molar-refractivity contribution >= 4 is 5.57 Å². The molecule has 0 unspecified atom stereocenters. The maximum absolute atomic E-state index is 5.34. The fraction of sp³-hybridized carbons (Fsp3) is 0.143. The van der Waals surface area contributed by atoms with Crippen LogP contribution in [0.2, 0.25) is 0 Å². The zero-order valence-corrected chi connectivity index (χ0v) is 5.62. The van der Waals surface area contributed by atoms with Crippen molar-refractivity contribution in [1.29, 1.82) is 0 Å². The van der Waals surface area contributed by atoms with Crippen molar-refractivity contribution in [3.05, 3.63) is 30.9 Å². The molecule has 1 aromatic rings. The summed E-state index contributed by atoms with van der Waals surface area (Å²) in [5.41, 5.74) is 6.92. The fourth-order valence-corrected chi connectivity index (χ4v) is 0.586. The molecule has 0 fully saturated rings. The van der Waals surface area contributed by atoms with E-state index in [2.05, 4.69) is 16.5 Å². The Morgan fingerprint density at radius 1 is 1.60 bits per heavy atom. The molecule has 3 heteroatoms. The molecule has 0 bridgehead atoms. The van der Waals surface area contributed by atoms with Gasteiger partial charge in [-0.05, 0) is 5.57 Å². The number of hydrogen-bond acceptors (Lipinski definition) is 3. The molecule has 0 radical (unpaired) electrons. The summed E-state index contributed by atoms with van der Waals surface area (Å²) in [6.07, 6.45) is 4.89. The summed E-state index contributed by atoms with van der Waals surface area (Å²) in [5.74, 6) is 0.